The van der Waals surface area contributed by atoms with Crippen molar-refractivity contribution in [3.8, 4) is 0 Å². The van der Waals surface area contributed by atoms with Crippen molar-refractivity contribution >= 4 is 0 Å². The molecule has 0 bridgehead atoms. The van der Waals surface area contributed by atoms with Gasteiger partial charge in [0.15, 0.2) is 0 Å². The average Bonchev–Trinajstić information content (AvgIpc) is 2.48. The lowest BCUT2D eigenvalue weighted by atomic mass is 9.97. The monoisotopic (exact) mass is 274 g/mol. The summed E-state index contributed by atoms with van der Waals surface area (Å²) >= 11 is 0. The van der Waals surface area contributed by atoms with E-state index in [0.29, 0.717) is 17.7 Å². The van der Waals surface area contributed by atoms with Crippen molar-refractivity contribution in [1.29, 1.82) is 0 Å². The van der Waals surface area contributed by atoms with Gasteiger partial charge in [-0.15, -0.1) is 0 Å². The Morgan fingerprint density at radius 1 is 1.10 bits per heavy atom. The number of aliphatic hydroxyl groups excluding tert-OH is 1. The third kappa shape index (κ3) is 3.24. The number of hydrogen-bond donors (Lipinski definition) is 1. The van der Waals surface area contributed by atoms with E-state index >= 15 is 0 Å². The van der Waals surface area contributed by atoms with Gasteiger partial charge in [0.25, 0.3) is 0 Å². The summed E-state index contributed by atoms with van der Waals surface area (Å²) in [4.78, 5) is 0. The molecule has 0 spiro atoms. The van der Waals surface area contributed by atoms with Gasteiger partial charge >= 0.3 is 0 Å². The molecule has 2 unspecified atom stereocenters. The molecule has 0 heterocycles. The van der Waals surface area contributed by atoms with Gasteiger partial charge < -0.3 is 9.84 Å². The molecule has 0 aliphatic heterocycles. The van der Waals surface area contributed by atoms with Gasteiger partial charge in [0, 0.05) is 6.61 Å². The van der Waals surface area contributed by atoms with Crippen LogP contribution in [0.2, 0.25) is 0 Å². The fraction of sp³-hybridized carbons (Fsp3) is 0.294. The minimum Gasteiger partial charge on any atom is -0.385 e. The molecule has 1 N–H and O–H groups in total. The second kappa shape index (κ2) is 6.64. The largest absolute Gasteiger partial charge is 0.385 e. The third-order valence-electron chi connectivity index (χ3n) is 3.28. The molecule has 20 heavy (non-hydrogen) atoms. The van der Waals surface area contributed by atoms with Crippen LogP contribution >= 0.6 is 0 Å². The SMILES string of the molecule is CCOC(c1ccccc1)C(O)c1ccc(F)c(C)c1. The molecule has 0 aliphatic rings. The molecule has 0 saturated carbocycles. The highest BCUT2D eigenvalue weighted by Crippen LogP contribution is 2.32. The van der Waals surface area contributed by atoms with Gasteiger partial charge in [-0.25, -0.2) is 4.39 Å². The number of benzene rings is 2. The van der Waals surface area contributed by atoms with Gasteiger partial charge in [-0.3, -0.25) is 0 Å². The quantitative estimate of drug-likeness (QED) is 0.894. The second-order valence-corrected chi connectivity index (χ2v) is 4.74. The van der Waals surface area contributed by atoms with Crippen LogP contribution in [0.25, 0.3) is 0 Å². The van der Waals surface area contributed by atoms with Crippen LogP contribution in [0, 0.1) is 12.7 Å². The van der Waals surface area contributed by atoms with Crippen molar-refractivity contribution in [3.05, 3.63) is 71.0 Å². The molecule has 2 aromatic rings. The first-order chi connectivity index (χ1) is 9.63. The van der Waals surface area contributed by atoms with Gasteiger partial charge in [0.1, 0.15) is 18.0 Å². The Kier molecular flexibility index (Phi) is 4.88. The number of halogens is 1. The van der Waals surface area contributed by atoms with Crippen molar-refractivity contribution in [2.45, 2.75) is 26.1 Å². The zero-order chi connectivity index (χ0) is 14.5. The molecular weight excluding hydrogens is 255 g/mol. The van der Waals surface area contributed by atoms with Gasteiger partial charge in [-0.2, -0.15) is 0 Å². The highest BCUT2D eigenvalue weighted by atomic mass is 19.1. The number of ether oxygens (including phenoxy) is 1. The number of hydrogen-bond acceptors (Lipinski definition) is 2. The molecule has 0 radical (unpaired) electrons. The average molecular weight is 274 g/mol. The zero-order valence-electron chi connectivity index (χ0n) is 11.7. The Morgan fingerprint density at radius 3 is 2.40 bits per heavy atom. The highest BCUT2D eigenvalue weighted by molar-refractivity contribution is 5.29. The standard InChI is InChI=1S/C17H19FO2/c1-3-20-17(13-7-5-4-6-8-13)16(19)14-9-10-15(18)12(2)11-14/h4-11,16-17,19H,3H2,1-2H3. The number of aliphatic hydroxyl groups is 1. The van der Waals surface area contributed by atoms with E-state index in [1.165, 1.54) is 6.07 Å². The Bertz CT molecular complexity index is 554. The normalized spacial score (nSPS) is 14.0. The van der Waals surface area contributed by atoms with Gasteiger partial charge in [0.05, 0.1) is 0 Å². The van der Waals surface area contributed by atoms with Crippen molar-refractivity contribution < 1.29 is 14.2 Å². The predicted octanol–water partition coefficient (Wildman–Crippen LogP) is 3.95. The van der Waals surface area contributed by atoms with E-state index in [0.717, 1.165) is 5.56 Å². The summed E-state index contributed by atoms with van der Waals surface area (Å²) in [6.45, 7) is 4.07. The molecule has 0 saturated heterocycles. The van der Waals surface area contributed by atoms with Crippen LogP contribution in [0.1, 0.15) is 35.8 Å². The number of aryl methyl sites for hydroxylation is 1. The first kappa shape index (κ1) is 14.7. The Balaban J connectivity index is 2.31. The molecular formula is C17H19FO2. The Morgan fingerprint density at radius 2 is 1.80 bits per heavy atom. The van der Waals surface area contributed by atoms with E-state index in [4.69, 9.17) is 4.74 Å². The van der Waals surface area contributed by atoms with E-state index in [1.807, 2.05) is 37.3 Å². The minimum atomic E-state index is -0.823. The van der Waals surface area contributed by atoms with Crippen LogP contribution in [0.5, 0.6) is 0 Å². The maximum absolute atomic E-state index is 13.3. The van der Waals surface area contributed by atoms with Crippen molar-refractivity contribution in [1.82, 2.24) is 0 Å². The lowest BCUT2D eigenvalue weighted by molar-refractivity contribution is -0.0362. The van der Waals surface area contributed by atoms with Crippen molar-refractivity contribution in [3.63, 3.8) is 0 Å². The molecule has 106 valence electrons. The fourth-order valence-electron chi connectivity index (χ4n) is 2.22. The molecule has 2 atom stereocenters. The summed E-state index contributed by atoms with van der Waals surface area (Å²) < 4.78 is 19.0. The molecule has 0 amide bonds. The maximum Gasteiger partial charge on any atom is 0.126 e. The van der Waals surface area contributed by atoms with Gasteiger partial charge in [-0.05, 0) is 36.6 Å². The zero-order valence-corrected chi connectivity index (χ0v) is 11.7. The molecule has 0 aliphatic carbocycles. The first-order valence-corrected chi connectivity index (χ1v) is 6.74. The van der Waals surface area contributed by atoms with Crippen LogP contribution < -0.4 is 0 Å². The smallest absolute Gasteiger partial charge is 0.126 e. The molecule has 0 aromatic heterocycles. The van der Waals surface area contributed by atoms with Crippen LogP contribution in [0.15, 0.2) is 48.5 Å². The Hall–Kier alpha value is -1.71. The molecule has 2 nitrogen and oxygen atoms in total. The number of rotatable bonds is 5. The first-order valence-electron chi connectivity index (χ1n) is 6.74. The van der Waals surface area contributed by atoms with Gasteiger partial charge in [0.2, 0.25) is 0 Å². The molecule has 3 heteroatoms. The van der Waals surface area contributed by atoms with E-state index in [9.17, 15) is 9.50 Å². The summed E-state index contributed by atoms with van der Waals surface area (Å²) in [6, 6.07) is 14.2. The van der Waals surface area contributed by atoms with Gasteiger partial charge in [-0.1, -0.05) is 42.5 Å². The summed E-state index contributed by atoms with van der Waals surface area (Å²) in [7, 11) is 0. The van der Waals surface area contributed by atoms with E-state index < -0.39 is 12.2 Å². The van der Waals surface area contributed by atoms with Crippen LogP contribution in [-0.4, -0.2) is 11.7 Å². The van der Waals surface area contributed by atoms with Crippen molar-refractivity contribution in [2.75, 3.05) is 6.61 Å². The highest BCUT2D eigenvalue weighted by Gasteiger charge is 2.23. The van der Waals surface area contributed by atoms with Crippen molar-refractivity contribution in [2.24, 2.45) is 0 Å². The molecule has 2 aromatic carbocycles. The summed E-state index contributed by atoms with van der Waals surface area (Å²) in [5, 5.41) is 10.5. The van der Waals surface area contributed by atoms with Crippen LogP contribution in [-0.2, 0) is 4.74 Å². The van der Waals surface area contributed by atoms with Crippen LogP contribution in [0.3, 0.4) is 0 Å². The molecule has 0 fully saturated rings. The molecule has 2 rings (SSSR count). The maximum atomic E-state index is 13.3. The minimum absolute atomic E-state index is 0.270. The third-order valence-corrected chi connectivity index (χ3v) is 3.28. The summed E-state index contributed by atoms with van der Waals surface area (Å²) in [5.41, 5.74) is 2.08. The lowest BCUT2D eigenvalue weighted by Gasteiger charge is -2.24. The Labute approximate surface area is 118 Å². The lowest BCUT2D eigenvalue weighted by Crippen LogP contribution is -2.15. The topological polar surface area (TPSA) is 29.5 Å². The predicted molar refractivity (Wildman–Crippen MR) is 76.9 cm³/mol. The summed E-state index contributed by atoms with van der Waals surface area (Å²) in [5.74, 6) is -0.270. The van der Waals surface area contributed by atoms with E-state index in [2.05, 4.69) is 0 Å². The fourth-order valence-corrected chi connectivity index (χ4v) is 2.22. The summed E-state index contributed by atoms with van der Waals surface area (Å²) in [6.07, 6.45) is -1.28. The second-order valence-electron chi connectivity index (χ2n) is 4.74. The van der Waals surface area contributed by atoms with E-state index in [1.54, 1.807) is 19.1 Å². The van der Waals surface area contributed by atoms with E-state index in [-0.39, 0.29) is 5.82 Å². The van der Waals surface area contributed by atoms with Crippen LogP contribution in [0.4, 0.5) is 4.39 Å².